The average Bonchev–Trinajstić information content (AvgIpc) is 2.98. The lowest BCUT2D eigenvalue weighted by Crippen LogP contribution is -2.06. The molecule has 0 saturated heterocycles. The summed E-state index contributed by atoms with van der Waals surface area (Å²) in [6.07, 6.45) is 5.19. The zero-order chi connectivity index (χ0) is 14.7. The van der Waals surface area contributed by atoms with Crippen LogP contribution in [0, 0.1) is 5.82 Å². The Morgan fingerprint density at radius 2 is 2.10 bits per heavy atom. The van der Waals surface area contributed by atoms with Crippen LogP contribution in [0.3, 0.4) is 0 Å². The van der Waals surface area contributed by atoms with Gasteiger partial charge in [-0.25, -0.2) is 14.1 Å². The van der Waals surface area contributed by atoms with Crippen molar-refractivity contribution in [3.05, 3.63) is 71.4 Å². The van der Waals surface area contributed by atoms with Crippen molar-refractivity contribution >= 4 is 17.3 Å². The van der Waals surface area contributed by atoms with Crippen molar-refractivity contribution in [1.82, 2.24) is 14.8 Å². The third-order valence-corrected chi connectivity index (χ3v) is 3.13. The Balaban J connectivity index is 1.82. The van der Waals surface area contributed by atoms with Gasteiger partial charge in [0.2, 0.25) is 0 Å². The first-order chi connectivity index (χ1) is 10.2. The van der Waals surface area contributed by atoms with Crippen molar-refractivity contribution in [3.8, 4) is 5.82 Å². The molecule has 0 unspecified atom stereocenters. The van der Waals surface area contributed by atoms with Gasteiger partial charge in [0.15, 0.2) is 5.82 Å². The largest absolute Gasteiger partial charge is 0.378 e. The van der Waals surface area contributed by atoms with E-state index in [4.69, 9.17) is 11.6 Å². The first kappa shape index (κ1) is 13.6. The summed E-state index contributed by atoms with van der Waals surface area (Å²) in [5, 5.41) is 7.77. The van der Waals surface area contributed by atoms with Crippen molar-refractivity contribution in [2.75, 3.05) is 5.32 Å². The van der Waals surface area contributed by atoms with Gasteiger partial charge in [-0.3, -0.25) is 0 Å². The number of pyridine rings is 1. The molecule has 0 radical (unpaired) electrons. The van der Waals surface area contributed by atoms with E-state index in [9.17, 15) is 4.39 Å². The second kappa shape index (κ2) is 5.93. The normalized spacial score (nSPS) is 10.6. The van der Waals surface area contributed by atoms with Crippen LogP contribution in [-0.2, 0) is 6.54 Å². The second-order valence-electron chi connectivity index (χ2n) is 4.46. The number of nitrogens with one attached hydrogen (secondary N) is 1. The van der Waals surface area contributed by atoms with E-state index >= 15 is 0 Å². The highest BCUT2D eigenvalue weighted by atomic mass is 35.5. The third-order valence-electron chi connectivity index (χ3n) is 2.91. The first-order valence-corrected chi connectivity index (χ1v) is 6.74. The van der Waals surface area contributed by atoms with E-state index in [0.29, 0.717) is 17.4 Å². The fraction of sp³-hybridized carbons (Fsp3) is 0.0667. The molecule has 1 N–H and O–H groups in total. The summed E-state index contributed by atoms with van der Waals surface area (Å²) in [6.45, 7) is 0.442. The minimum atomic E-state index is -0.349. The molecule has 0 spiro atoms. The molecular formula is C15H12ClFN4. The van der Waals surface area contributed by atoms with Gasteiger partial charge >= 0.3 is 0 Å². The van der Waals surface area contributed by atoms with Gasteiger partial charge < -0.3 is 5.32 Å². The number of aromatic nitrogens is 3. The molecular weight excluding hydrogens is 291 g/mol. The maximum atomic E-state index is 13.3. The molecule has 4 nitrogen and oxygen atoms in total. The summed E-state index contributed by atoms with van der Waals surface area (Å²) in [6, 6.07) is 10.00. The molecule has 1 aromatic carbocycles. The topological polar surface area (TPSA) is 42.7 Å². The molecule has 2 heterocycles. The van der Waals surface area contributed by atoms with E-state index < -0.39 is 0 Å². The summed E-state index contributed by atoms with van der Waals surface area (Å²) in [4.78, 5) is 4.31. The van der Waals surface area contributed by atoms with Gasteiger partial charge in [-0.15, -0.1) is 0 Å². The Hall–Kier alpha value is -2.40. The second-order valence-corrected chi connectivity index (χ2v) is 4.89. The summed E-state index contributed by atoms with van der Waals surface area (Å²) in [5.41, 5.74) is 1.57. The SMILES string of the molecule is Fc1cc(Cl)cc(CNc2cccnc2-n2cccn2)c1. The van der Waals surface area contributed by atoms with Crippen molar-refractivity contribution in [2.24, 2.45) is 0 Å². The fourth-order valence-corrected chi connectivity index (χ4v) is 2.27. The van der Waals surface area contributed by atoms with Crippen LogP contribution in [0.1, 0.15) is 5.56 Å². The average molecular weight is 303 g/mol. The zero-order valence-corrected chi connectivity index (χ0v) is 11.8. The van der Waals surface area contributed by atoms with Crippen molar-refractivity contribution in [1.29, 1.82) is 0 Å². The van der Waals surface area contributed by atoms with Crippen LogP contribution in [0.25, 0.3) is 5.82 Å². The summed E-state index contributed by atoms with van der Waals surface area (Å²) in [7, 11) is 0. The van der Waals surface area contributed by atoms with Gasteiger partial charge in [0.1, 0.15) is 5.82 Å². The quantitative estimate of drug-likeness (QED) is 0.799. The highest BCUT2D eigenvalue weighted by Crippen LogP contribution is 2.19. The van der Waals surface area contributed by atoms with Crippen LogP contribution in [0.2, 0.25) is 5.02 Å². The molecule has 0 bridgehead atoms. The molecule has 21 heavy (non-hydrogen) atoms. The van der Waals surface area contributed by atoms with E-state index in [2.05, 4.69) is 15.4 Å². The van der Waals surface area contributed by atoms with Crippen molar-refractivity contribution < 1.29 is 4.39 Å². The smallest absolute Gasteiger partial charge is 0.176 e. The highest BCUT2D eigenvalue weighted by molar-refractivity contribution is 6.30. The van der Waals surface area contributed by atoms with Gasteiger partial charge in [-0.05, 0) is 42.0 Å². The molecule has 3 rings (SSSR count). The van der Waals surface area contributed by atoms with E-state index in [-0.39, 0.29) is 5.82 Å². The third kappa shape index (κ3) is 3.20. The monoisotopic (exact) mass is 302 g/mol. The molecule has 0 aliphatic carbocycles. The maximum Gasteiger partial charge on any atom is 0.176 e. The van der Waals surface area contributed by atoms with Crippen LogP contribution < -0.4 is 5.32 Å². The summed E-state index contributed by atoms with van der Waals surface area (Å²) in [5.74, 6) is 0.336. The number of nitrogens with zero attached hydrogens (tertiary/aromatic N) is 3. The number of hydrogen-bond donors (Lipinski definition) is 1. The molecule has 0 aliphatic rings. The van der Waals surface area contributed by atoms with Crippen LogP contribution >= 0.6 is 11.6 Å². The van der Waals surface area contributed by atoms with Crippen LogP contribution in [0.4, 0.5) is 10.1 Å². The van der Waals surface area contributed by atoms with E-state index in [1.807, 2.05) is 24.4 Å². The van der Waals surface area contributed by atoms with Crippen molar-refractivity contribution in [3.63, 3.8) is 0 Å². The molecule has 0 amide bonds. The Morgan fingerprint density at radius 1 is 1.19 bits per heavy atom. The molecule has 106 valence electrons. The number of anilines is 1. The number of rotatable bonds is 4. The standard InChI is InChI=1S/C15H12ClFN4/c16-12-7-11(8-13(17)9-12)10-19-14-3-1-4-18-15(14)21-6-2-5-20-21/h1-9,19H,10H2. The number of hydrogen-bond acceptors (Lipinski definition) is 3. The Labute approximate surface area is 126 Å². The van der Waals surface area contributed by atoms with E-state index in [1.54, 1.807) is 23.1 Å². The molecule has 0 fully saturated rings. The molecule has 0 aliphatic heterocycles. The fourth-order valence-electron chi connectivity index (χ4n) is 2.02. The van der Waals surface area contributed by atoms with Gasteiger partial charge in [0.25, 0.3) is 0 Å². The maximum absolute atomic E-state index is 13.3. The molecule has 0 saturated carbocycles. The molecule has 0 atom stereocenters. The van der Waals surface area contributed by atoms with E-state index in [0.717, 1.165) is 11.3 Å². The van der Waals surface area contributed by atoms with Gasteiger partial charge in [0.05, 0.1) is 5.69 Å². The predicted molar refractivity (Wildman–Crippen MR) is 80.1 cm³/mol. The lowest BCUT2D eigenvalue weighted by Gasteiger charge is -2.11. The minimum absolute atomic E-state index is 0.349. The molecule has 3 aromatic rings. The van der Waals surface area contributed by atoms with Crippen LogP contribution in [0.15, 0.2) is 55.0 Å². The number of benzene rings is 1. The summed E-state index contributed by atoms with van der Waals surface area (Å²) >= 11 is 5.85. The molecule has 6 heteroatoms. The van der Waals surface area contributed by atoms with Crippen molar-refractivity contribution in [2.45, 2.75) is 6.54 Å². The lowest BCUT2D eigenvalue weighted by molar-refractivity contribution is 0.626. The first-order valence-electron chi connectivity index (χ1n) is 6.36. The van der Waals surface area contributed by atoms with Gasteiger partial charge in [0, 0.05) is 30.2 Å². The van der Waals surface area contributed by atoms with Gasteiger partial charge in [-0.1, -0.05) is 11.6 Å². The Kier molecular flexibility index (Phi) is 3.83. The Morgan fingerprint density at radius 3 is 2.86 bits per heavy atom. The van der Waals surface area contributed by atoms with Crippen LogP contribution in [0.5, 0.6) is 0 Å². The number of halogens is 2. The Bertz CT molecular complexity index is 723. The summed E-state index contributed by atoms with van der Waals surface area (Å²) < 4.78 is 15.0. The van der Waals surface area contributed by atoms with Crippen LogP contribution in [-0.4, -0.2) is 14.8 Å². The predicted octanol–water partition coefficient (Wildman–Crippen LogP) is 3.67. The molecule has 2 aromatic heterocycles. The van der Waals surface area contributed by atoms with E-state index in [1.165, 1.54) is 12.1 Å². The minimum Gasteiger partial charge on any atom is -0.378 e. The highest BCUT2D eigenvalue weighted by Gasteiger charge is 2.06. The van der Waals surface area contributed by atoms with Gasteiger partial charge in [-0.2, -0.15) is 5.10 Å². The lowest BCUT2D eigenvalue weighted by atomic mass is 10.2. The zero-order valence-electron chi connectivity index (χ0n) is 11.0.